The molecule has 0 saturated heterocycles. The van der Waals surface area contributed by atoms with Crippen molar-refractivity contribution in [2.75, 3.05) is 0 Å². The van der Waals surface area contributed by atoms with Gasteiger partial charge < -0.3 is 0 Å². The van der Waals surface area contributed by atoms with Crippen LogP contribution in [0, 0.1) is 6.92 Å². The van der Waals surface area contributed by atoms with E-state index >= 15 is 0 Å². The molecular weight excluding hydrogens is 267 g/mol. The van der Waals surface area contributed by atoms with Crippen molar-refractivity contribution in [3.8, 4) is 0 Å². The van der Waals surface area contributed by atoms with Gasteiger partial charge in [0.15, 0.2) is 0 Å². The van der Waals surface area contributed by atoms with Crippen molar-refractivity contribution in [1.29, 1.82) is 0 Å². The Hall–Kier alpha value is -1.56. The number of aromatic nitrogens is 3. The summed E-state index contributed by atoms with van der Waals surface area (Å²) in [5.74, 6) is 0.553. The predicted octanol–water partition coefficient (Wildman–Crippen LogP) is 3.31. The van der Waals surface area contributed by atoms with Gasteiger partial charge >= 0.3 is 6.18 Å². The Bertz CT molecular complexity index is 543. The van der Waals surface area contributed by atoms with Crippen LogP contribution < -0.4 is 0 Å². The molecule has 0 unspecified atom stereocenters. The molecule has 0 amide bonds. The summed E-state index contributed by atoms with van der Waals surface area (Å²) >= 11 is 5.79. The van der Waals surface area contributed by atoms with Crippen LogP contribution >= 0.6 is 11.6 Å². The zero-order valence-electron chi connectivity index (χ0n) is 9.37. The zero-order chi connectivity index (χ0) is 13.3. The van der Waals surface area contributed by atoms with Gasteiger partial charge in [0.25, 0.3) is 0 Å². The SMILES string of the molecule is Cc1nnc(Cl)n1Cc1cccc(C(F)(F)F)c1. The van der Waals surface area contributed by atoms with Gasteiger partial charge in [-0.2, -0.15) is 13.2 Å². The summed E-state index contributed by atoms with van der Waals surface area (Å²) in [6.45, 7) is 1.90. The first-order chi connectivity index (χ1) is 8.38. The van der Waals surface area contributed by atoms with Crippen LogP contribution in [-0.2, 0) is 12.7 Å². The first-order valence-corrected chi connectivity index (χ1v) is 5.47. The standard InChI is InChI=1S/C11H9ClF3N3/c1-7-16-17-10(12)18(7)6-8-3-2-4-9(5-8)11(13,14)15/h2-5H,6H2,1H3. The largest absolute Gasteiger partial charge is 0.416 e. The van der Waals surface area contributed by atoms with Gasteiger partial charge in [-0.3, -0.25) is 4.57 Å². The molecular formula is C11H9ClF3N3. The van der Waals surface area contributed by atoms with E-state index in [2.05, 4.69) is 10.2 Å². The number of nitrogens with zero attached hydrogens (tertiary/aromatic N) is 3. The van der Waals surface area contributed by atoms with Gasteiger partial charge in [0.1, 0.15) is 5.82 Å². The Labute approximate surface area is 106 Å². The Balaban J connectivity index is 2.31. The van der Waals surface area contributed by atoms with E-state index < -0.39 is 11.7 Å². The third-order valence-electron chi connectivity index (χ3n) is 2.49. The highest BCUT2D eigenvalue weighted by atomic mass is 35.5. The highest BCUT2D eigenvalue weighted by molar-refractivity contribution is 6.28. The Morgan fingerprint density at radius 2 is 2.00 bits per heavy atom. The Kier molecular flexibility index (Phi) is 3.30. The van der Waals surface area contributed by atoms with E-state index in [4.69, 9.17) is 11.6 Å². The summed E-state index contributed by atoms with van der Waals surface area (Å²) in [6.07, 6.45) is -4.35. The number of aryl methyl sites for hydroxylation is 1. The fourth-order valence-corrected chi connectivity index (χ4v) is 1.78. The number of halogens is 4. The van der Waals surface area contributed by atoms with Crippen LogP contribution in [0.2, 0.25) is 5.28 Å². The maximum Gasteiger partial charge on any atom is 0.416 e. The number of hydrogen-bond acceptors (Lipinski definition) is 2. The molecule has 2 rings (SSSR count). The molecule has 18 heavy (non-hydrogen) atoms. The van der Waals surface area contributed by atoms with Gasteiger partial charge in [0, 0.05) is 0 Å². The minimum absolute atomic E-state index is 0.157. The number of rotatable bonds is 2. The van der Waals surface area contributed by atoms with Gasteiger partial charge in [0.05, 0.1) is 12.1 Å². The first kappa shape index (κ1) is 12.9. The van der Waals surface area contributed by atoms with Crippen molar-refractivity contribution >= 4 is 11.6 Å². The molecule has 0 bridgehead atoms. The summed E-state index contributed by atoms with van der Waals surface area (Å²) in [5.41, 5.74) is -0.184. The van der Waals surface area contributed by atoms with Gasteiger partial charge in [-0.05, 0) is 36.2 Å². The summed E-state index contributed by atoms with van der Waals surface area (Å²) in [5, 5.41) is 7.54. The van der Waals surface area contributed by atoms with Crippen molar-refractivity contribution < 1.29 is 13.2 Å². The quantitative estimate of drug-likeness (QED) is 0.842. The lowest BCUT2D eigenvalue weighted by atomic mass is 10.1. The summed E-state index contributed by atoms with van der Waals surface area (Å²) < 4.78 is 39.2. The molecule has 7 heteroatoms. The lowest BCUT2D eigenvalue weighted by molar-refractivity contribution is -0.137. The van der Waals surface area contributed by atoms with E-state index in [0.717, 1.165) is 12.1 Å². The average Bonchev–Trinajstić information content (AvgIpc) is 2.60. The van der Waals surface area contributed by atoms with Crippen molar-refractivity contribution in [2.24, 2.45) is 0 Å². The maximum atomic E-state index is 12.5. The van der Waals surface area contributed by atoms with Gasteiger partial charge in [-0.25, -0.2) is 0 Å². The van der Waals surface area contributed by atoms with Crippen LogP contribution in [0.5, 0.6) is 0 Å². The number of hydrogen-bond donors (Lipinski definition) is 0. The van der Waals surface area contributed by atoms with Crippen molar-refractivity contribution in [3.05, 3.63) is 46.5 Å². The average molecular weight is 276 g/mol. The number of benzene rings is 1. The molecule has 1 aromatic heterocycles. The zero-order valence-corrected chi connectivity index (χ0v) is 10.1. The van der Waals surface area contributed by atoms with Crippen molar-refractivity contribution in [3.63, 3.8) is 0 Å². The molecule has 0 fully saturated rings. The van der Waals surface area contributed by atoms with E-state index in [1.807, 2.05) is 0 Å². The third-order valence-corrected chi connectivity index (χ3v) is 2.77. The molecule has 1 aromatic carbocycles. The Morgan fingerprint density at radius 3 is 2.56 bits per heavy atom. The van der Waals surface area contributed by atoms with Crippen LogP contribution in [0.15, 0.2) is 24.3 Å². The van der Waals surface area contributed by atoms with Crippen LogP contribution in [0.25, 0.3) is 0 Å². The van der Waals surface area contributed by atoms with Gasteiger partial charge in [-0.15, -0.1) is 10.2 Å². The van der Waals surface area contributed by atoms with Crippen molar-refractivity contribution in [1.82, 2.24) is 14.8 Å². The second-order valence-electron chi connectivity index (χ2n) is 3.80. The minimum Gasteiger partial charge on any atom is -0.298 e. The molecule has 96 valence electrons. The molecule has 0 saturated carbocycles. The second kappa shape index (κ2) is 4.61. The van der Waals surface area contributed by atoms with E-state index in [0.29, 0.717) is 11.4 Å². The molecule has 0 N–H and O–H groups in total. The highest BCUT2D eigenvalue weighted by Crippen LogP contribution is 2.29. The smallest absolute Gasteiger partial charge is 0.298 e. The molecule has 3 nitrogen and oxygen atoms in total. The third kappa shape index (κ3) is 2.64. The fourth-order valence-electron chi connectivity index (χ4n) is 1.56. The summed E-state index contributed by atoms with van der Waals surface area (Å²) in [6, 6.07) is 5.09. The molecule has 0 aliphatic carbocycles. The monoisotopic (exact) mass is 275 g/mol. The number of alkyl halides is 3. The molecule has 2 aromatic rings. The molecule has 1 heterocycles. The fraction of sp³-hybridized carbons (Fsp3) is 0.273. The van der Waals surface area contributed by atoms with Crippen LogP contribution in [0.1, 0.15) is 17.0 Å². The Morgan fingerprint density at radius 1 is 1.28 bits per heavy atom. The van der Waals surface area contributed by atoms with Crippen LogP contribution in [0.3, 0.4) is 0 Å². The first-order valence-electron chi connectivity index (χ1n) is 5.09. The van der Waals surface area contributed by atoms with Crippen LogP contribution in [-0.4, -0.2) is 14.8 Å². The maximum absolute atomic E-state index is 12.5. The minimum atomic E-state index is -4.35. The van der Waals surface area contributed by atoms with E-state index in [9.17, 15) is 13.2 Å². The molecule has 0 aliphatic rings. The highest BCUT2D eigenvalue weighted by Gasteiger charge is 2.30. The van der Waals surface area contributed by atoms with Crippen molar-refractivity contribution in [2.45, 2.75) is 19.6 Å². The molecule has 0 spiro atoms. The second-order valence-corrected chi connectivity index (χ2v) is 4.14. The van der Waals surface area contributed by atoms with E-state index in [1.165, 1.54) is 10.6 Å². The molecule has 0 atom stereocenters. The lowest BCUT2D eigenvalue weighted by Crippen LogP contribution is -2.07. The summed E-state index contributed by atoms with van der Waals surface area (Å²) in [4.78, 5) is 0. The van der Waals surface area contributed by atoms with Gasteiger partial charge in [-0.1, -0.05) is 12.1 Å². The lowest BCUT2D eigenvalue weighted by Gasteiger charge is -2.10. The predicted molar refractivity (Wildman–Crippen MR) is 60.3 cm³/mol. The van der Waals surface area contributed by atoms with E-state index in [1.54, 1.807) is 13.0 Å². The topological polar surface area (TPSA) is 30.7 Å². The van der Waals surface area contributed by atoms with E-state index in [-0.39, 0.29) is 11.8 Å². The summed E-state index contributed by atoms with van der Waals surface area (Å²) in [7, 11) is 0. The van der Waals surface area contributed by atoms with Gasteiger partial charge in [0.2, 0.25) is 5.28 Å². The van der Waals surface area contributed by atoms with Crippen LogP contribution in [0.4, 0.5) is 13.2 Å². The molecule has 0 radical (unpaired) electrons. The molecule has 0 aliphatic heterocycles. The normalized spacial score (nSPS) is 11.8.